The van der Waals surface area contributed by atoms with Gasteiger partial charge in [-0.25, -0.2) is 8.78 Å². The van der Waals surface area contributed by atoms with Crippen LogP contribution in [0.2, 0.25) is 0 Å². The first kappa shape index (κ1) is 23.8. The standard InChI is InChI=1S/C24H28F2O4/c1-30-23(29)10-5-3-2-4-8-20-17(13-16-22(20)28)11-14-19(27)15-12-18-7-6-9-21(25)24(18)26/h6-7,9,13,16-17,19-20,27H,2-5,8,10-11,14H2,1H3/t17-,19?,20+/m0/s1. The molecule has 3 atom stereocenters. The zero-order chi connectivity index (χ0) is 21.9. The molecule has 30 heavy (non-hydrogen) atoms. The van der Waals surface area contributed by atoms with E-state index in [4.69, 9.17) is 0 Å². The van der Waals surface area contributed by atoms with Crippen LogP contribution in [0, 0.1) is 35.3 Å². The number of hydrogen-bond donors (Lipinski definition) is 1. The zero-order valence-electron chi connectivity index (χ0n) is 17.2. The Balaban J connectivity index is 1.75. The maximum absolute atomic E-state index is 13.6. The summed E-state index contributed by atoms with van der Waals surface area (Å²) < 4.78 is 31.4. The van der Waals surface area contributed by atoms with Gasteiger partial charge in [0, 0.05) is 12.3 Å². The molecule has 0 bridgehead atoms. The van der Waals surface area contributed by atoms with E-state index >= 15 is 0 Å². The zero-order valence-corrected chi connectivity index (χ0v) is 17.2. The van der Waals surface area contributed by atoms with Crippen LogP contribution in [0.25, 0.3) is 0 Å². The summed E-state index contributed by atoms with van der Waals surface area (Å²) in [5.41, 5.74) is -0.0879. The van der Waals surface area contributed by atoms with E-state index in [9.17, 15) is 23.5 Å². The number of ether oxygens (including phenoxy) is 1. The Hall–Kier alpha value is -2.52. The van der Waals surface area contributed by atoms with Crippen LogP contribution < -0.4 is 0 Å². The average molecular weight is 418 g/mol. The molecule has 1 aromatic rings. The number of carbonyl (C=O) groups is 2. The van der Waals surface area contributed by atoms with E-state index in [2.05, 4.69) is 16.6 Å². The van der Waals surface area contributed by atoms with Gasteiger partial charge in [-0.2, -0.15) is 0 Å². The van der Waals surface area contributed by atoms with Crippen LogP contribution in [0.3, 0.4) is 0 Å². The summed E-state index contributed by atoms with van der Waals surface area (Å²) in [5.74, 6) is 2.90. The number of allylic oxidation sites excluding steroid dienone is 2. The van der Waals surface area contributed by atoms with Gasteiger partial charge in [0.25, 0.3) is 0 Å². The van der Waals surface area contributed by atoms with Crippen LogP contribution in [-0.4, -0.2) is 30.1 Å². The minimum atomic E-state index is -1.02. The van der Waals surface area contributed by atoms with Gasteiger partial charge in [-0.15, -0.1) is 0 Å². The monoisotopic (exact) mass is 418 g/mol. The van der Waals surface area contributed by atoms with Gasteiger partial charge in [-0.1, -0.05) is 43.2 Å². The summed E-state index contributed by atoms with van der Waals surface area (Å²) in [5, 5.41) is 10.1. The maximum Gasteiger partial charge on any atom is 0.305 e. The fourth-order valence-corrected chi connectivity index (χ4v) is 3.61. The third-order valence-electron chi connectivity index (χ3n) is 5.36. The van der Waals surface area contributed by atoms with Gasteiger partial charge < -0.3 is 9.84 Å². The molecule has 1 unspecified atom stereocenters. The molecule has 1 N–H and O–H groups in total. The summed E-state index contributed by atoms with van der Waals surface area (Å²) in [6.07, 6.45) is 8.19. The van der Waals surface area contributed by atoms with Crippen molar-refractivity contribution in [2.75, 3.05) is 7.11 Å². The summed E-state index contributed by atoms with van der Waals surface area (Å²) in [6, 6.07) is 3.74. The van der Waals surface area contributed by atoms with Crippen LogP contribution in [-0.2, 0) is 14.3 Å². The first-order valence-electron chi connectivity index (χ1n) is 10.3. The number of ketones is 1. The fraction of sp³-hybridized carbons (Fsp3) is 0.500. The van der Waals surface area contributed by atoms with E-state index < -0.39 is 17.7 Å². The van der Waals surface area contributed by atoms with Crippen molar-refractivity contribution in [1.29, 1.82) is 0 Å². The minimum absolute atomic E-state index is 0.0509. The highest BCUT2D eigenvalue weighted by atomic mass is 19.2. The largest absolute Gasteiger partial charge is 0.469 e. The van der Waals surface area contributed by atoms with Crippen molar-refractivity contribution >= 4 is 11.8 Å². The molecule has 2 rings (SSSR count). The molecular formula is C24H28F2O4. The van der Waals surface area contributed by atoms with Crippen molar-refractivity contribution in [3.05, 3.63) is 47.5 Å². The van der Waals surface area contributed by atoms with E-state index in [0.717, 1.165) is 38.2 Å². The highest BCUT2D eigenvalue weighted by Crippen LogP contribution is 2.31. The van der Waals surface area contributed by atoms with Crippen LogP contribution in [0.4, 0.5) is 8.78 Å². The molecule has 0 spiro atoms. The molecule has 6 heteroatoms. The van der Waals surface area contributed by atoms with Gasteiger partial charge in [-0.05, 0) is 49.8 Å². The number of unbranched alkanes of at least 4 members (excludes halogenated alkanes) is 3. The van der Waals surface area contributed by atoms with E-state index in [-0.39, 0.29) is 29.2 Å². The van der Waals surface area contributed by atoms with E-state index in [1.54, 1.807) is 6.08 Å². The molecule has 1 aliphatic rings. The van der Waals surface area contributed by atoms with Gasteiger partial charge in [0.2, 0.25) is 0 Å². The minimum Gasteiger partial charge on any atom is -0.469 e. The van der Waals surface area contributed by atoms with Gasteiger partial charge >= 0.3 is 5.97 Å². The molecule has 0 fully saturated rings. The second-order valence-electron chi connectivity index (χ2n) is 7.52. The van der Waals surface area contributed by atoms with Gasteiger partial charge in [0.15, 0.2) is 17.4 Å². The van der Waals surface area contributed by atoms with Gasteiger partial charge in [0.1, 0.15) is 6.10 Å². The molecule has 0 heterocycles. The molecule has 0 aromatic heterocycles. The highest BCUT2D eigenvalue weighted by molar-refractivity contribution is 5.94. The first-order chi connectivity index (χ1) is 14.4. The molecule has 0 saturated heterocycles. The number of aliphatic hydroxyl groups excluding tert-OH is 1. The normalized spacial score (nSPS) is 18.7. The lowest BCUT2D eigenvalue weighted by Crippen LogP contribution is -2.17. The topological polar surface area (TPSA) is 63.6 Å². The van der Waals surface area contributed by atoms with E-state index in [0.29, 0.717) is 19.3 Å². The molecule has 4 nitrogen and oxygen atoms in total. The maximum atomic E-state index is 13.6. The second-order valence-corrected chi connectivity index (χ2v) is 7.52. The summed E-state index contributed by atoms with van der Waals surface area (Å²) in [4.78, 5) is 23.2. The highest BCUT2D eigenvalue weighted by Gasteiger charge is 2.29. The lowest BCUT2D eigenvalue weighted by molar-refractivity contribution is -0.140. The Morgan fingerprint density at radius 3 is 2.73 bits per heavy atom. The Morgan fingerprint density at radius 1 is 1.20 bits per heavy atom. The van der Waals surface area contributed by atoms with Crippen molar-refractivity contribution in [2.45, 2.75) is 57.5 Å². The smallest absolute Gasteiger partial charge is 0.305 e. The molecule has 1 aliphatic carbocycles. The SMILES string of the molecule is COC(=O)CCCCCC[C@H]1C(=O)C=C[C@@H]1CCC(O)C#Cc1cccc(F)c1F. The Kier molecular flexibility index (Phi) is 9.69. The van der Waals surface area contributed by atoms with Crippen molar-refractivity contribution in [1.82, 2.24) is 0 Å². The quantitative estimate of drug-likeness (QED) is 0.349. The molecule has 0 amide bonds. The number of rotatable bonds is 10. The molecule has 0 radical (unpaired) electrons. The average Bonchev–Trinajstić information content (AvgIpc) is 3.09. The second kappa shape index (κ2) is 12.2. The number of esters is 1. The van der Waals surface area contributed by atoms with Gasteiger partial charge in [0.05, 0.1) is 12.7 Å². The Morgan fingerprint density at radius 2 is 1.97 bits per heavy atom. The van der Waals surface area contributed by atoms with Gasteiger partial charge in [-0.3, -0.25) is 9.59 Å². The van der Waals surface area contributed by atoms with E-state index in [1.807, 2.05) is 6.08 Å². The Labute approximate surface area is 176 Å². The molecular weight excluding hydrogens is 390 g/mol. The van der Waals surface area contributed by atoms with Crippen LogP contribution in [0.5, 0.6) is 0 Å². The number of halogens is 2. The number of hydrogen-bond acceptors (Lipinski definition) is 4. The summed E-state index contributed by atoms with van der Waals surface area (Å²) in [6.45, 7) is 0. The fourth-order valence-electron chi connectivity index (χ4n) is 3.61. The summed E-state index contributed by atoms with van der Waals surface area (Å²) in [7, 11) is 1.38. The van der Waals surface area contributed by atoms with Crippen molar-refractivity contribution in [3.63, 3.8) is 0 Å². The van der Waals surface area contributed by atoms with E-state index in [1.165, 1.54) is 19.2 Å². The lowest BCUT2D eigenvalue weighted by Gasteiger charge is -2.18. The number of carbonyl (C=O) groups excluding carboxylic acids is 2. The molecule has 0 aliphatic heterocycles. The predicted octanol–water partition coefficient (Wildman–Crippen LogP) is 4.34. The van der Waals surface area contributed by atoms with Crippen LogP contribution >= 0.6 is 0 Å². The molecule has 0 saturated carbocycles. The summed E-state index contributed by atoms with van der Waals surface area (Å²) >= 11 is 0. The van der Waals surface area contributed by atoms with Crippen molar-refractivity contribution in [3.8, 4) is 11.8 Å². The first-order valence-corrected chi connectivity index (χ1v) is 10.3. The van der Waals surface area contributed by atoms with Crippen LogP contribution in [0.15, 0.2) is 30.4 Å². The third kappa shape index (κ3) is 7.38. The number of aliphatic hydroxyl groups is 1. The van der Waals surface area contributed by atoms with Crippen molar-refractivity contribution < 1.29 is 28.2 Å². The lowest BCUT2D eigenvalue weighted by atomic mass is 9.86. The predicted molar refractivity (Wildman–Crippen MR) is 109 cm³/mol. The number of benzene rings is 1. The molecule has 162 valence electrons. The number of methoxy groups -OCH3 is 1. The third-order valence-corrected chi connectivity index (χ3v) is 5.36. The van der Waals surface area contributed by atoms with Crippen LogP contribution in [0.1, 0.15) is 56.9 Å². The molecule has 1 aromatic carbocycles. The Bertz CT molecular complexity index is 822. The van der Waals surface area contributed by atoms with Crippen molar-refractivity contribution in [2.24, 2.45) is 11.8 Å².